The van der Waals surface area contributed by atoms with Gasteiger partial charge in [-0.2, -0.15) is 5.48 Å². The number of hydroxylamine groups is 1. The standard InChI is InChI=1S/C20H25BrINO5/c1-13-5-7-14(8-6-13)19(25)28-23-18(24)16-10-9-15(21)12-20(16,22)27-17-4-2-3-11-26-17/h5-8,15-17H,2-4,9-12H2,1H3,(H,23,24). The molecule has 8 heteroatoms. The van der Waals surface area contributed by atoms with E-state index in [0.717, 1.165) is 31.2 Å². The van der Waals surface area contributed by atoms with E-state index in [1.807, 2.05) is 19.1 Å². The Kier molecular flexibility index (Phi) is 7.74. The zero-order chi connectivity index (χ0) is 20.1. The van der Waals surface area contributed by atoms with Crippen molar-refractivity contribution in [2.75, 3.05) is 6.61 Å². The van der Waals surface area contributed by atoms with Crippen LogP contribution in [0.1, 0.15) is 54.4 Å². The first-order valence-corrected chi connectivity index (χ1v) is 11.6. The van der Waals surface area contributed by atoms with Gasteiger partial charge < -0.3 is 14.3 Å². The highest BCUT2D eigenvalue weighted by Gasteiger charge is 2.48. The van der Waals surface area contributed by atoms with E-state index in [2.05, 4.69) is 44.0 Å². The summed E-state index contributed by atoms with van der Waals surface area (Å²) in [6.07, 6.45) is 4.79. The van der Waals surface area contributed by atoms with E-state index in [9.17, 15) is 9.59 Å². The Bertz CT molecular complexity index is 694. The zero-order valence-electron chi connectivity index (χ0n) is 15.8. The number of nitrogens with one attached hydrogen (secondary N) is 1. The molecule has 4 unspecified atom stereocenters. The summed E-state index contributed by atoms with van der Waals surface area (Å²) in [4.78, 5) is 30.3. The van der Waals surface area contributed by atoms with Crippen molar-refractivity contribution < 1.29 is 23.9 Å². The molecule has 2 fully saturated rings. The molecule has 1 amide bonds. The van der Waals surface area contributed by atoms with E-state index in [4.69, 9.17) is 14.3 Å². The van der Waals surface area contributed by atoms with Crippen molar-refractivity contribution in [1.82, 2.24) is 5.48 Å². The lowest BCUT2D eigenvalue weighted by Gasteiger charge is -2.42. The van der Waals surface area contributed by atoms with Gasteiger partial charge in [-0.05, 0) is 80.2 Å². The summed E-state index contributed by atoms with van der Waals surface area (Å²) >= 11 is 5.88. The van der Waals surface area contributed by atoms with Gasteiger partial charge in [0, 0.05) is 11.4 Å². The van der Waals surface area contributed by atoms with Crippen molar-refractivity contribution in [2.45, 2.75) is 60.2 Å². The number of rotatable bonds is 4. The first-order chi connectivity index (χ1) is 13.4. The molecule has 1 aromatic carbocycles. The van der Waals surface area contributed by atoms with Gasteiger partial charge in [-0.3, -0.25) is 4.79 Å². The topological polar surface area (TPSA) is 73.9 Å². The maximum absolute atomic E-state index is 12.8. The predicted molar refractivity (Wildman–Crippen MR) is 116 cm³/mol. The third-order valence-corrected chi connectivity index (χ3v) is 7.33. The van der Waals surface area contributed by atoms with Crippen LogP contribution in [0.15, 0.2) is 24.3 Å². The third-order valence-electron chi connectivity index (χ3n) is 5.10. The van der Waals surface area contributed by atoms with Gasteiger partial charge in [0.25, 0.3) is 5.91 Å². The second-order valence-corrected chi connectivity index (χ2v) is 10.5. The fraction of sp³-hybridized carbons (Fsp3) is 0.600. The maximum atomic E-state index is 12.8. The minimum Gasteiger partial charge on any atom is -0.353 e. The van der Waals surface area contributed by atoms with Gasteiger partial charge in [-0.15, -0.1) is 0 Å². The number of carbonyl (C=O) groups excluding carboxylic acids is 2. The number of hydrogen-bond donors (Lipinski definition) is 1. The molecule has 1 saturated carbocycles. The van der Waals surface area contributed by atoms with Crippen LogP contribution in [-0.2, 0) is 19.1 Å². The van der Waals surface area contributed by atoms with Crippen LogP contribution in [-0.4, -0.2) is 33.2 Å². The molecule has 1 saturated heterocycles. The molecule has 154 valence electrons. The molecule has 0 radical (unpaired) electrons. The molecule has 1 aliphatic carbocycles. The number of benzene rings is 1. The third kappa shape index (κ3) is 5.67. The zero-order valence-corrected chi connectivity index (χ0v) is 19.5. The highest BCUT2D eigenvalue weighted by molar-refractivity contribution is 14.1. The smallest absolute Gasteiger partial charge is 0.353 e. The van der Waals surface area contributed by atoms with Gasteiger partial charge >= 0.3 is 5.97 Å². The second-order valence-electron chi connectivity index (χ2n) is 7.35. The molecule has 28 heavy (non-hydrogen) atoms. The molecule has 3 rings (SSSR count). The number of ether oxygens (including phenoxy) is 2. The molecule has 0 aromatic heterocycles. The van der Waals surface area contributed by atoms with Crippen LogP contribution in [0, 0.1) is 12.8 Å². The number of halogens is 2. The predicted octanol–water partition coefficient (Wildman–Crippen LogP) is 4.42. The number of alkyl halides is 2. The van der Waals surface area contributed by atoms with Crippen molar-refractivity contribution >= 4 is 50.4 Å². The van der Waals surface area contributed by atoms with Gasteiger partial charge in [-0.25, -0.2) is 4.79 Å². The Hall–Kier alpha value is -0.710. The Morgan fingerprint density at radius 2 is 1.96 bits per heavy atom. The fourth-order valence-electron chi connectivity index (χ4n) is 3.51. The first-order valence-electron chi connectivity index (χ1n) is 9.57. The van der Waals surface area contributed by atoms with Crippen LogP contribution in [0.2, 0.25) is 0 Å². The van der Waals surface area contributed by atoms with Gasteiger partial charge in [0.2, 0.25) is 0 Å². The average Bonchev–Trinajstić information content (AvgIpc) is 2.67. The van der Waals surface area contributed by atoms with Gasteiger partial charge in [0.05, 0.1) is 11.5 Å². The van der Waals surface area contributed by atoms with Gasteiger partial charge in [0.1, 0.15) is 3.61 Å². The van der Waals surface area contributed by atoms with E-state index in [-0.39, 0.29) is 17.0 Å². The molecule has 1 heterocycles. The molecule has 4 atom stereocenters. The Morgan fingerprint density at radius 1 is 1.21 bits per heavy atom. The van der Waals surface area contributed by atoms with E-state index in [1.54, 1.807) is 12.1 Å². The largest absolute Gasteiger partial charge is 0.362 e. The molecular weight excluding hydrogens is 541 g/mol. The number of hydrogen-bond acceptors (Lipinski definition) is 5. The summed E-state index contributed by atoms with van der Waals surface area (Å²) < 4.78 is 11.3. The molecule has 0 bridgehead atoms. The summed E-state index contributed by atoms with van der Waals surface area (Å²) in [7, 11) is 0. The summed E-state index contributed by atoms with van der Waals surface area (Å²) in [5.41, 5.74) is 3.78. The van der Waals surface area contributed by atoms with Crippen molar-refractivity contribution in [3.63, 3.8) is 0 Å². The lowest BCUT2D eigenvalue weighted by atomic mass is 9.85. The molecule has 6 nitrogen and oxygen atoms in total. The summed E-state index contributed by atoms with van der Waals surface area (Å²) in [6.45, 7) is 2.62. The first kappa shape index (κ1) is 22.0. The second kappa shape index (κ2) is 9.86. The van der Waals surface area contributed by atoms with Crippen LogP contribution in [0.3, 0.4) is 0 Å². The van der Waals surface area contributed by atoms with Crippen molar-refractivity contribution in [3.8, 4) is 0 Å². The van der Waals surface area contributed by atoms with Crippen molar-refractivity contribution in [3.05, 3.63) is 35.4 Å². The van der Waals surface area contributed by atoms with E-state index >= 15 is 0 Å². The van der Waals surface area contributed by atoms with E-state index in [0.29, 0.717) is 25.0 Å². The Balaban J connectivity index is 1.62. The summed E-state index contributed by atoms with van der Waals surface area (Å²) in [5, 5.41) is 0. The molecule has 0 spiro atoms. The van der Waals surface area contributed by atoms with E-state index < -0.39 is 15.5 Å². The quantitative estimate of drug-likeness (QED) is 0.332. The van der Waals surface area contributed by atoms with Crippen LogP contribution >= 0.6 is 38.5 Å². The molecule has 1 aliphatic heterocycles. The van der Waals surface area contributed by atoms with Gasteiger partial charge in [0.15, 0.2) is 6.29 Å². The normalized spacial score (nSPS) is 30.5. The van der Waals surface area contributed by atoms with Crippen molar-refractivity contribution in [1.29, 1.82) is 0 Å². The molecular formula is C20H25BrINO5. The maximum Gasteiger partial charge on any atom is 0.362 e. The van der Waals surface area contributed by atoms with E-state index in [1.165, 1.54) is 0 Å². The minimum absolute atomic E-state index is 0.271. The Labute approximate surface area is 187 Å². The highest BCUT2D eigenvalue weighted by atomic mass is 127. The van der Waals surface area contributed by atoms with Crippen LogP contribution in [0.4, 0.5) is 0 Å². The fourth-order valence-corrected chi connectivity index (χ4v) is 6.27. The highest BCUT2D eigenvalue weighted by Crippen LogP contribution is 2.46. The SMILES string of the molecule is Cc1ccc(C(=O)ONC(=O)C2CCC(Br)CC2(I)OC2CCCCO2)cc1. The molecule has 2 aliphatic rings. The number of carbonyl (C=O) groups is 2. The lowest BCUT2D eigenvalue weighted by molar-refractivity contribution is -0.210. The lowest BCUT2D eigenvalue weighted by Crippen LogP contribution is -2.51. The van der Waals surface area contributed by atoms with Crippen LogP contribution < -0.4 is 5.48 Å². The Morgan fingerprint density at radius 3 is 2.64 bits per heavy atom. The van der Waals surface area contributed by atoms with Crippen molar-refractivity contribution in [2.24, 2.45) is 5.92 Å². The molecule has 1 N–H and O–H groups in total. The monoisotopic (exact) mass is 565 g/mol. The summed E-state index contributed by atoms with van der Waals surface area (Å²) in [6, 6.07) is 6.99. The van der Waals surface area contributed by atoms with Crippen LogP contribution in [0.25, 0.3) is 0 Å². The van der Waals surface area contributed by atoms with Gasteiger partial charge in [-0.1, -0.05) is 33.6 Å². The number of aryl methyl sites for hydroxylation is 1. The average molecular weight is 566 g/mol. The number of amides is 1. The molecule has 1 aromatic rings. The summed E-state index contributed by atoms with van der Waals surface area (Å²) in [5.74, 6) is -1.36. The van der Waals surface area contributed by atoms with Crippen LogP contribution in [0.5, 0.6) is 0 Å². The minimum atomic E-state index is -0.716.